The minimum absolute atomic E-state index is 0. The smallest absolute Gasteiger partial charge is 0.248 e. The van der Waals surface area contributed by atoms with Crippen LogP contribution in [-0.4, -0.2) is 62.9 Å². The van der Waals surface area contributed by atoms with E-state index in [1.807, 2.05) is 4.90 Å². The molecule has 2 saturated heterocycles. The van der Waals surface area contributed by atoms with Crippen molar-refractivity contribution in [2.24, 2.45) is 5.92 Å². The van der Waals surface area contributed by atoms with Gasteiger partial charge in [0.05, 0.1) is 19.3 Å². The molecular weight excluding hydrogens is 345 g/mol. The molecule has 119 valence electrons. The largest absolute Gasteiger partial charge is 0.662 e. The van der Waals surface area contributed by atoms with E-state index in [2.05, 4.69) is 12.2 Å². The molecule has 2 fully saturated rings. The molecule has 0 aromatic rings. The predicted octanol–water partition coefficient (Wildman–Crippen LogP) is 1.81. The summed E-state index contributed by atoms with van der Waals surface area (Å²) in [6.07, 6.45) is 4.59. The second-order valence-corrected chi connectivity index (χ2v) is 5.86. The van der Waals surface area contributed by atoms with Crippen molar-refractivity contribution < 1.29 is 47.0 Å². The number of rotatable bonds is 6. The van der Waals surface area contributed by atoms with Crippen LogP contribution in [0.1, 0.15) is 32.6 Å². The Kier molecular flexibility index (Phi) is 10.3. The number of nitrogens with zero attached hydrogens (tertiary/aromatic N) is 2. The van der Waals surface area contributed by atoms with Gasteiger partial charge in [0.1, 0.15) is 6.61 Å². The Bertz CT molecular complexity index is 291. The van der Waals surface area contributed by atoms with Crippen LogP contribution in [0, 0.1) is 5.92 Å². The fraction of sp³-hybridized carbons (Fsp3) is 0.933. The van der Waals surface area contributed by atoms with Crippen molar-refractivity contribution in [3.63, 3.8) is 0 Å². The maximum atomic E-state index is 11.9. The zero-order valence-electron chi connectivity index (χ0n) is 13.1. The molecule has 0 aromatic carbocycles. The summed E-state index contributed by atoms with van der Waals surface area (Å²) in [6, 6.07) is 0. The van der Waals surface area contributed by atoms with E-state index in [1.54, 1.807) is 0 Å². The molecule has 0 aliphatic carbocycles. The van der Waals surface area contributed by atoms with E-state index in [9.17, 15) is 4.79 Å². The number of ether oxygens (including phenoxy) is 2. The van der Waals surface area contributed by atoms with Crippen molar-refractivity contribution in [2.45, 2.75) is 38.7 Å². The molecule has 0 bridgehead atoms. The Balaban J connectivity index is 0.00000220. The maximum absolute atomic E-state index is 11.9. The van der Waals surface area contributed by atoms with E-state index < -0.39 is 0 Å². The van der Waals surface area contributed by atoms with Crippen LogP contribution in [0.5, 0.6) is 0 Å². The standard InChI is InChI=1S/C15H27N2O3.Y/c1-13-4-8-17(9-5-13)15(18)12-19-10-11-20-14-2-6-16-7-3-14;/h13-14H,2-12H2,1H3;/q-1;. The molecule has 2 aliphatic heterocycles. The minimum Gasteiger partial charge on any atom is -0.662 e. The molecule has 0 unspecified atom stereocenters. The average molecular weight is 372 g/mol. The first kappa shape index (κ1) is 19.5. The van der Waals surface area contributed by atoms with Gasteiger partial charge in [-0.1, -0.05) is 6.92 Å². The van der Waals surface area contributed by atoms with Crippen molar-refractivity contribution in [3.05, 3.63) is 5.32 Å². The van der Waals surface area contributed by atoms with Gasteiger partial charge in [0, 0.05) is 45.8 Å². The summed E-state index contributed by atoms with van der Waals surface area (Å²) in [7, 11) is 0. The number of amides is 1. The van der Waals surface area contributed by atoms with E-state index in [1.165, 1.54) is 0 Å². The minimum atomic E-state index is 0. The topological polar surface area (TPSA) is 52.9 Å². The molecule has 0 spiro atoms. The third kappa shape index (κ3) is 7.51. The summed E-state index contributed by atoms with van der Waals surface area (Å²) in [5.74, 6) is 0.865. The van der Waals surface area contributed by atoms with Gasteiger partial charge < -0.3 is 19.7 Å². The summed E-state index contributed by atoms with van der Waals surface area (Å²) in [6.45, 7) is 7.11. The zero-order valence-corrected chi connectivity index (χ0v) is 16.0. The quantitative estimate of drug-likeness (QED) is 0.669. The van der Waals surface area contributed by atoms with Crippen LogP contribution in [-0.2, 0) is 47.0 Å². The molecule has 0 saturated carbocycles. The number of carbonyl (C=O) groups excluding carboxylic acids is 1. The van der Waals surface area contributed by atoms with Crippen LogP contribution in [0.25, 0.3) is 5.32 Å². The van der Waals surface area contributed by atoms with Crippen LogP contribution in [0.2, 0.25) is 0 Å². The van der Waals surface area contributed by atoms with Crippen molar-refractivity contribution in [1.29, 1.82) is 0 Å². The molecule has 0 N–H and O–H groups in total. The van der Waals surface area contributed by atoms with Gasteiger partial charge in [-0.25, -0.2) is 0 Å². The summed E-state index contributed by atoms with van der Waals surface area (Å²) in [5, 5.41) is 4.29. The third-order valence-corrected chi connectivity index (χ3v) is 4.16. The summed E-state index contributed by atoms with van der Waals surface area (Å²) < 4.78 is 11.1. The molecule has 1 amide bonds. The van der Waals surface area contributed by atoms with Crippen LogP contribution in [0.4, 0.5) is 0 Å². The average Bonchev–Trinajstić information content (AvgIpc) is 2.48. The first-order chi connectivity index (χ1) is 9.75. The zero-order chi connectivity index (χ0) is 14.2. The molecule has 21 heavy (non-hydrogen) atoms. The fourth-order valence-corrected chi connectivity index (χ4v) is 2.68. The van der Waals surface area contributed by atoms with Crippen molar-refractivity contribution >= 4 is 5.91 Å². The Labute approximate surface area is 153 Å². The fourth-order valence-electron chi connectivity index (χ4n) is 2.68. The van der Waals surface area contributed by atoms with Crippen molar-refractivity contribution in [1.82, 2.24) is 4.90 Å². The monoisotopic (exact) mass is 372 g/mol. The van der Waals surface area contributed by atoms with E-state index >= 15 is 0 Å². The molecule has 2 aliphatic rings. The van der Waals surface area contributed by atoms with Gasteiger partial charge in [-0.2, -0.15) is 0 Å². The van der Waals surface area contributed by atoms with Gasteiger partial charge in [0.15, 0.2) is 0 Å². The van der Waals surface area contributed by atoms with Crippen LogP contribution >= 0.6 is 0 Å². The van der Waals surface area contributed by atoms with Gasteiger partial charge in [-0.05, 0) is 31.6 Å². The van der Waals surface area contributed by atoms with Gasteiger partial charge in [-0.3, -0.25) is 4.79 Å². The van der Waals surface area contributed by atoms with Crippen molar-refractivity contribution in [3.8, 4) is 0 Å². The van der Waals surface area contributed by atoms with Crippen molar-refractivity contribution in [2.75, 3.05) is 46.0 Å². The molecule has 5 nitrogen and oxygen atoms in total. The molecule has 0 atom stereocenters. The second kappa shape index (κ2) is 11.1. The first-order valence-corrected chi connectivity index (χ1v) is 7.86. The third-order valence-electron chi connectivity index (χ3n) is 4.16. The second-order valence-electron chi connectivity index (χ2n) is 5.86. The Morgan fingerprint density at radius 2 is 1.81 bits per heavy atom. The molecule has 1 radical (unpaired) electrons. The Morgan fingerprint density at radius 1 is 1.14 bits per heavy atom. The van der Waals surface area contributed by atoms with E-state index in [-0.39, 0.29) is 45.2 Å². The van der Waals surface area contributed by atoms with Crippen LogP contribution < -0.4 is 0 Å². The predicted molar refractivity (Wildman–Crippen MR) is 77.9 cm³/mol. The number of likely N-dealkylation sites (tertiary alicyclic amines) is 1. The summed E-state index contributed by atoms with van der Waals surface area (Å²) >= 11 is 0. The number of hydrogen-bond donors (Lipinski definition) is 0. The van der Waals surface area contributed by atoms with E-state index in [0.29, 0.717) is 19.3 Å². The summed E-state index contributed by atoms with van der Waals surface area (Å²) in [4.78, 5) is 13.8. The Hall–Kier alpha value is 0.454. The maximum Gasteiger partial charge on any atom is 0.248 e. The van der Waals surface area contributed by atoms with Gasteiger partial charge in [-0.15, -0.1) is 13.1 Å². The van der Waals surface area contributed by atoms with Gasteiger partial charge in [0.2, 0.25) is 5.91 Å². The first-order valence-electron chi connectivity index (χ1n) is 7.86. The van der Waals surface area contributed by atoms with E-state index in [4.69, 9.17) is 9.47 Å². The normalized spacial score (nSPS) is 21.1. The summed E-state index contributed by atoms with van der Waals surface area (Å²) in [5.41, 5.74) is 0. The number of carbonyl (C=O) groups is 1. The SMILES string of the molecule is CC1CCN(C(=O)COCCOC2CC[N-]CC2)CC1.[Y]. The van der Waals surface area contributed by atoms with Gasteiger partial charge >= 0.3 is 0 Å². The number of piperidine rings is 2. The van der Waals surface area contributed by atoms with Gasteiger partial charge in [0.25, 0.3) is 0 Å². The molecule has 6 heteroatoms. The van der Waals surface area contributed by atoms with Crippen LogP contribution in [0.15, 0.2) is 0 Å². The molecule has 0 aromatic heterocycles. The molecule has 2 heterocycles. The number of hydrogen-bond acceptors (Lipinski definition) is 3. The molecular formula is C15H27N2O3Y-. The van der Waals surface area contributed by atoms with Crippen LogP contribution in [0.3, 0.4) is 0 Å². The molecule has 2 rings (SSSR count). The van der Waals surface area contributed by atoms with E-state index in [0.717, 1.165) is 57.8 Å². The Morgan fingerprint density at radius 3 is 2.48 bits per heavy atom.